The molecule has 0 saturated heterocycles. The second-order valence-corrected chi connectivity index (χ2v) is 7.16. The number of hydrogen-bond acceptors (Lipinski definition) is 5. The first-order chi connectivity index (χ1) is 13.7. The first-order valence-corrected chi connectivity index (χ1v) is 9.85. The van der Waals surface area contributed by atoms with E-state index < -0.39 is 18.0 Å². The van der Waals surface area contributed by atoms with Crippen LogP contribution in [0.4, 0.5) is 5.69 Å². The van der Waals surface area contributed by atoms with Gasteiger partial charge in [-0.1, -0.05) is 37.6 Å². The van der Waals surface area contributed by atoms with E-state index in [4.69, 9.17) is 4.74 Å². The van der Waals surface area contributed by atoms with Gasteiger partial charge in [0.1, 0.15) is 0 Å². The van der Waals surface area contributed by atoms with Crippen LogP contribution >= 0.6 is 0 Å². The molecule has 1 N–H and O–H groups in total. The van der Waals surface area contributed by atoms with E-state index in [0.29, 0.717) is 16.9 Å². The number of benzene rings is 1. The van der Waals surface area contributed by atoms with Crippen LogP contribution in [0.1, 0.15) is 60.4 Å². The summed E-state index contributed by atoms with van der Waals surface area (Å²) in [6.45, 7) is 7.24. The number of anilines is 1. The smallest absolute Gasteiger partial charge is 0.307 e. The molecule has 0 spiro atoms. The maximum absolute atomic E-state index is 12.3. The van der Waals surface area contributed by atoms with E-state index in [1.807, 2.05) is 19.1 Å². The molecule has 0 aliphatic carbocycles. The summed E-state index contributed by atoms with van der Waals surface area (Å²) in [6.07, 6.45) is 1.02. The Morgan fingerprint density at radius 2 is 1.79 bits per heavy atom. The van der Waals surface area contributed by atoms with Crippen LogP contribution in [0.5, 0.6) is 0 Å². The minimum Gasteiger partial charge on any atom is -0.453 e. The summed E-state index contributed by atoms with van der Waals surface area (Å²) in [6, 6.07) is 7.44. The lowest BCUT2D eigenvalue weighted by Crippen LogP contribution is -2.30. The number of nitrogens with zero attached hydrogens (tertiary/aromatic N) is 2. The van der Waals surface area contributed by atoms with Gasteiger partial charge in [0.2, 0.25) is 0 Å². The summed E-state index contributed by atoms with van der Waals surface area (Å²) in [7, 11) is 1.79. The quantitative estimate of drug-likeness (QED) is 0.515. The number of nitrogens with one attached hydrogen (secondary N) is 1. The molecule has 156 valence electrons. The SMILES string of the molecule is CCCc1ccc(C(=O)CCC(=O)O[C@H](C)C(=O)Nc2c(C)nn(C)c2C)cc1. The zero-order valence-electron chi connectivity index (χ0n) is 17.7. The van der Waals surface area contributed by atoms with Gasteiger partial charge in [-0.05, 0) is 32.8 Å². The van der Waals surface area contributed by atoms with Gasteiger partial charge in [0.25, 0.3) is 5.91 Å². The van der Waals surface area contributed by atoms with Gasteiger partial charge >= 0.3 is 5.97 Å². The summed E-state index contributed by atoms with van der Waals surface area (Å²) in [5.74, 6) is -1.14. The van der Waals surface area contributed by atoms with Crippen LogP contribution in [0.15, 0.2) is 24.3 Å². The number of hydrogen-bond donors (Lipinski definition) is 1. The summed E-state index contributed by atoms with van der Waals surface area (Å²) in [5.41, 5.74) is 3.87. The van der Waals surface area contributed by atoms with Gasteiger partial charge < -0.3 is 10.1 Å². The Balaban J connectivity index is 1.83. The molecule has 0 aliphatic heterocycles. The molecule has 1 aromatic carbocycles. The number of carbonyl (C=O) groups is 3. The van der Waals surface area contributed by atoms with Crippen molar-refractivity contribution in [1.29, 1.82) is 0 Å². The fourth-order valence-corrected chi connectivity index (χ4v) is 2.99. The standard InChI is InChI=1S/C22H29N3O4/c1-6-7-17-8-10-18(11-9-17)19(26)12-13-20(27)29-16(4)22(28)23-21-14(2)24-25(5)15(21)3/h8-11,16H,6-7,12-13H2,1-5H3,(H,23,28)/t16-/m1/s1. The second kappa shape index (κ2) is 10.0. The lowest BCUT2D eigenvalue weighted by atomic mass is 10.0. The minimum absolute atomic E-state index is 0.0428. The molecule has 29 heavy (non-hydrogen) atoms. The average molecular weight is 399 g/mol. The zero-order valence-corrected chi connectivity index (χ0v) is 17.7. The van der Waals surface area contributed by atoms with Crippen molar-refractivity contribution >= 4 is 23.3 Å². The van der Waals surface area contributed by atoms with Gasteiger partial charge in [-0.25, -0.2) is 0 Å². The highest BCUT2D eigenvalue weighted by Crippen LogP contribution is 2.19. The molecule has 7 heteroatoms. The van der Waals surface area contributed by atoms with Crippen molar-refractivity contribution in [3.8, 4) is 0 Å². The highest BCUT2D eigenvalue weighted by molar-refractivity contribution is 5.98. The number of carbonyl (C=O) groups excluding carboxylic acids is 3. The second-order valence-electron chi connectivity index (χ2n) is 7.16. The minimum atomic E-state index is -0.968. The van der Waals surface area contributed by atoms with Crippen molar-refractivity contribution in [3.05, 3.63) is 46.8 Å². The van der Waals surface area contributed by atoms with Crippen molar-refractivity contribution in [1.82, 2.24) is 9.78 Å². The number of ketones is 1. The predicted octanol–water partition coefficient (Wildman–Crippen LogP) is 3.52. The summed E-state index contributed by atoms with van der Waals surface area (Å²) in [5, 5.41) is 6.98. The third-order valence-electron chi connectivity index (χ3n) is 4.81. The van der Waals surface area contributed by atoms with E-state index in [1.54, 1.807) is 30.8 Å². The third-order valence-corrected chi connectivity index (χ3v) is 4.81. The Morgan fingerprint density at radius 3 is 2.34 bits per heavy atom. The fourth-order valence-electron chi connectivity index (χ4n) is 2.99. The van der Waals surface area contributed by atoms with Gasteiger partial charge in [-0.3, -0.25) is 19.1 Å². The van der Waals surface area contributed by atoms with E-state index >= 15 is 0 Å². The van der Waals surface area contributed by atoms with Crippen LogP contribution in [-0.2, 0) is 27.8 Å². The molecule has 2 aromatic rings. The van der Waals surface area contributed by atoms with Crippen molar-refractivity contribution in [3.63, 3.8) is 0 Å². The molecule has 0 aliphatic rings. The van der Waals surface area contributed by atoms with E-state index in [9.17, 15) is 14.4 Å². The highest BCUT2D eigenvalue weighted by atomic mass is 16.5. The zero-order chi connectivity index (χ0) is 21.6. The number of esters is 1. The molecular weight excluding hydrogens is 370 g/mol. The van der Waals surface area contributed by atoms with Crippen LogP contribution in [-0.4, -0.2) is 33.5 Å². The highest BCUT2D eigenvalue weighted by Gasteiger charge is 2.21. The first kappa shape index (κ1) is 22.3. The number of ether oxygens (including phenoxy) is 1. The molecule has 1 atom stereocenters. The van der Waals surface area contributed by atoms with Gasteiger partial charge in [0.15, 0.2) is 11.9 Å². The average Bonchev–Trinajstić information content (AvgIpc) is 2.92. The van der Waals surface area contributed by atoms with Gasteiger partial charge in [-0.15, -0.1) is 0 Å². The van der Waals surface area contributed by atoms with Crippen molar-refractivity contribution < 1.29 is 19.1 Å². The number of aryl methyl sites for hydroxylation is 3. The van der Waals surface area contributed by atoms with Gasteiger partial charge in [0, 0.05) is 19.0 Å². The topological polar surface area (TPSA) is 90.3 Å². The lowest BCUT2D eigenvalue weighted by Gasteiger charge is -2.13. The normalized spacial score (nSPS) is 11.8. The first-order valence-electron chi connectivity index (χ1n) is 9.85. The Hall–Kier alpha value is -2.96. The fraction of sp³-hybridized carbons (Fsp3) is 0.455. The van der Waals surface area contributed by atoms with Gasteiger partial charge in [-0.2, -0.15) is 5.10 Å². The Kier molecular flexibility index (Phi) is 7.70. The number of rotatable bonds is 9. The Morgan fingerprint density at radius 1 is 1.14 bits per heavy atom. The predicted molar refractivity (Wildman–Crippen MR) is 111 cm³/mol. The number of amides is 1. The van der Waals surface area contributed by atoms with Crippen molar-refractivity contribution in [2.45, 2.75) is 59.5 Å². The van der Waals surface area contributed by atoms with Crippen molar-refractivity contribution in [2.24, 2.45) is 7.05 Å². The lowest BCUT2D eigenvalue weighted by molar-refractivity contribution is -0.153. The van der Waals surface area contributed by atoms with Gasteiger partial charge in [0.05, 0.1) is 23.5 Å². The molecule has 0 saturated carbocycles. The largest absolute Gasteiger partial charge is 0.453 e. The molecule has 0 fully saturated rings. The third kappa shape index (κ3) is 6.01. The molecule has 0 radical (unpaired) electrons. The maximum atomic E-state index is 12.3. The van der Waals surface area contributed by atoms with E-state index in [1.165, 1.54) is 12.5 Å². The van der Waals surface area contributed by atoms with E-state index in [0.717, 1.165) is 18.5 Å². The maximum Gasteiger partial charge on any atom is 0.307 e. The van der Waals surface area contributed by atoms with Crippen LogP contribution in [0, 0.1) is 13.8 Å². The number of aromatic nitrogens is 2. The molecule has 7 nitrogen and oxygen atoms in total. The Bertz CT molecular complexity index is 884. The van der Waals surface area contributed by atoms with E-state index in [2.05, 4.69) is 17.3 Å². The Labute approximate surface area is 171 Å². The molecule has 2 rings (SSSR count). The summed E-state index contributed by atoms with van der Waals surface area (Å²) >= 11 is 0. The van der Waals surface area contributed by atoms with Crippen LogP contribution in [0.25, 0.3) is 0 Å². The van der Waals surface area contributed by atoms with Crippen LogP contribution in [0.2, 0.25) is 0 Å². The molecule has 1 heterocycles. The van der Waals surface area contributed by atoms with Crippen molar-refractivity contribution in [2.75, 3.05) is 5.32 Å². The van der Waals surface area contributed by atoms with Crippen LogP contribution < -0.4 is 5.32 Å². The van der Waals surface area contributed by atoms with E-state index in [-0.39, 0.29) is 18.6 Å². The monoisotopic (exact) mass is 399 g/mol. The number of Topliss-reactive ketones (excluding diaryl/α,β-unsaturated/α-hetero) is 1. The molecular formula is C22H29N3O4. The summed E-state index contributed by atoms with van der Waals surface area (Å²) in [4.78, 5) is 36.6. The summed E-state index contributed by atoms with van der Waals surface area (Å²) < 4.78 is 6.85. The van der Waals surface area contributed by atoms with Crippen LogP contribution in [0.3, 0.4) is 0 Å². The molecule has 0 bridgehead atoms. The molecule has 1 amide bonds. The molecule has 1 aromatic heterocycles. The molecule has 0 unspecified atom stereocenters.